The van der Waals surface area contributed by atoms with Crippen molar-refractivity contribution in [3.8, 4) is 11.3 Å². The molecular formula is C19H22N6O. The van der Waals surface area contributed by atoms with Crippen LogP contribution in [-0.2, 0) is 6.54 Å². The molecule has 1 amide bonds. The molecule has 1 fully saturated rings. The topological polar surface area (TPSA) is 89.9 Å². The number of nitrogens with two attached hydrogens (primary N) is 1. The number of carbonyl (C=O) groups excluding carboxylic acids is 1. The van der Waals surface area contributed by atoms with Crippen molar-refractivity contribution in [3.05, 3.63) is 42.4 Å². The zero-order chi connectivity index (χ0) is 17.9. The average Bonchev–Trinajstić information content (AvgIpc) is 3.10. The lowest BCUT2D eigenvalue weighted by Crippen LogP contribution is -2.32. The lowest BCUT2D eigenvalue weighted by atomic mass is 10.0. The Kier molecular flexibility index (Phi) is 4.62. The van der Waals surface area contributed by atoms with Gasteiger partial charge < -0.3 is 10.6 Å². The maximum Gasteiger partial charge on any atom is 0.249 e. The van der Waals surface area contributed by atoms with Gasteiger partial charge in [0.25, 0.3) is 0 Å². The fourth-order valence-corrected chi connectivity index (χ4v) is 3.59. The second-order valence-corrected chi connectivity index (χ2v) is 6.64. The smallest absolute Gasteiger partial charge is 0.249 e. The first kappa shape index (κ1) is 16.7. The fourth-order valence-electron chi connectivity index (χ4n) is 3.59. The van der Waals surface area contributed by atoms with Gasteiger partial charge in [-0.25, -0.2) is 14.6 Å². The summed E-state index contributed by atoms with van der Waals surface area (Å²) in [4.78, 5) is 23.1. The number of piperidine rings is 1. The Bertz CT molecular complexity index is 929. The van der Waals surface area contributed by atoms with Crippen LogP contribution in [0, 0.1) is 0 Å². The van der Waals surface area contributed by atoms with Crippen LogP contribution >= 0.6 is 0 Å². The van der Waals surface area contributed by atoms with Crippen molar-refractivity contribution in [2.75, 3.05) is 19.6 Å². The normalized spacial score (nSPS) is 15.4. The molecule has 26 heavy (non-hydrogen) atoms. The van der Waals surface area contributed by atoms with Gasteiger partial charge in [-0.2, -0.15) is 5.10 Å². The highest BCUT2D eigenvalue weighted by Gasteiger charge is 2.17. The number of benzene rings is 1. The van der Waals surface area contributed by atoms with E-state index in [9.17, 15) is 4.79 Å². The predicted molar refractivity (Wildman–Crippen MR) is 99.6 cm³/mol. The van der Waals surface area contributed by atoms with Crippen molar-refractivity contribution in [2.24, 2.45) is 5.73 Å². The van der Waals surface area contributed by atoms with Gasteiger partial charge in [-0.15, -0.1) is 0 Å². The average molecular weight is 350 g/mol. The van der Waals surface area contributed by atoms with Crippen LogP contribution in [0.4, 0.5) is 0 Å². The Morgan fingerprint density at radius 3 is 2.69 bits per heavy atom. The van der Waals surface area contributed by atoms with Gasteiger partial charge >= 0.3 is 0 Å². The number of nitrogens with zero attached hydrogens (tertiary/aromatic N) is 5. The van der Waals surface area contributed by atoms with Crippen LogP contribution in [0.1, 0.15) is 29.6 Å². The summed E-state index contributed by atoms with van der Waals surface area (Å²) in [6.45, 7) is 4.07. The minimum Gasteiger partial charge on any atom is -0.366 e. The summed E-state index contributed by atoms with van der Waals surface area (Å²) >= 11 is 0. The van der Waals surface area contributed by atoms with E-state index in [1.54, 1.807) is 18.3 Å². The lowest BCUT2D eigenvalue weighted by Gasteiger charge is -2.26. The SMILES string of the molecule is NC(=O)c1ccccc1-c1ncnc2c1cnn2CCN1CCCCC1. The Morgan fingerprint density at radius 1 is 1.08 bits per heavy atom. The van der Waals surface area contributed by atoms with E-state index in [-0.39, 0.29) is 0 Å². The summed E-state index contributed by atoms with van der Waals surface area (Å²) in [6.07, 6.45) is 7.18. The number of aromatic nitrogens is 4. The van der Waals surface area contributed by atoms with E-state index in [1.807, 2.05) is 16.8 Å². The molecule has 0 saturated carbocycles. The van der Waals surface area contributed by atoms with E-state index in [1.165, 1.54) is 25.6 Å². The Labute approximate surface area is 151 Å². The van der Waals surface area contributed by atoms with Gasteiger partial charge in [0.15, 0.2) is 5.65 Å². The molecule has 1 aliphatic heterocycles. The molecule has 0 atom stereocenters. The first-order valence-electron chi connectivity index (χ1n) is 9.02. The molecule has 3 heterocycles. The van der Waals surface area contributed by atoms with Gasteiger partial charge in [0.2, 0.25) is 5.91 Å². The van der Waals surface area contributed by atoms with Crippen LogP contribution < -0.4 is 5.73 Å². The van der Waals surface area contributed by atoms with E-state index in [4.69, 9.17) is 5.73 Å². The Morgan fingerprint density at radius 2 is 1.88 bits per heavy atom. The molecule has 7 heteroatoms. The quantitative estimate of drug-likeness (QED) is 0.761. The van der Waals surface area contributed by atoms with Crippen molar-refractivity contribution in [3.63, 3.8) is 0 Å². The molecule has 0 unspecified atom stereocenters. The Balaban J connectivity index is 1.66. The highest BCUT2D eigenvalue weighted by atomic mass is 16.1. The molecule has 7 nitrogen and oxygen atoms in total. The molecule has 2 N–H and O–H groups in total. The fraction of sp³-hybridized carbons (Fsp3) is 0.368. The number of fused-ring (bicyclic) bond motifs is 1. The minimum atomic E-state index is -0.468. The zero-order valence-corrected chi connectivity index (χ0v) is 14.6. The van der Waals surface area contributed by atoms with E-state index in [0.29, 0.717) is 16.8 Å². The molecule has 3 aromatic rings. The monoisotopic (exact) mass is 350 g/mol. The summed E-state index contributed by atoms with van der Waals surface area (Å²) in [6, 6.07) is 7.24. The molecule has 1 saturated heterocycles. The van der Waals surface area contributed by atoms with Gasteiger partial charge in [-0.05, 0) is 32.0 Å². The summed E-state index contributed by atoms with van der Waals surface area (Å²) in [5, 5.41) is 5.34. The number of likely N-dealkylation sites (tertiary alicyclic amines) is 1. The third-order valence-electron chi connectivity index (χ3n) is 4.96. The maximum absolute atomic E-state index is 11.8. The molecule has 134 valence electrons. The van der Waals surface area contributed by atoms with Crippen molar-refractivity contribution >= 4 is 16.9 Å². The molecule has 0 radical (unpaired) electrons. The number of primary amides is 1. The first-order chi connectivity index (χ1) is 12.7. The molecule has 4 rings (SSSR count). The number of hydrogen-bond donors (Lipinski definition) is 1. The van der Waals surface area contributed by atoms with Gasteiger partial charge in [0.1, 0.15) is 6.33 Å². The van der Waals surface area contributed by atoms with Crippen molar-refractivity contribution in [1.82, 2.24) is 24.6 Å². The summed E-state index contributed by atoms with van der Waals surface area (Å²) in [7, 11) is 0. The zero-order valence-electron chi connectivity index (χ0n) is 14.6. The van der Waals surface area contributed by atoms with Crippen LogP contribution in [0.3, 0.4) is 0 Å². The third kappa shape index (κ3) is 3.17. The molecule has 0 bridgehead atoms. The lowest BCUT2D eigenvalue weighted by molar-refractivity contribution is 0.100. The van der Waals surface area contributed by atoms with Crippen LogP contribution in [0.2, 0.25) is 0 Å². The number of rotatable bonds is 5. The maximum atomic E-state index is 11.8. The van der Waals surface area contributed by atoms with Gasteiger partial charge in [0.05, 0.1) is 23.8 Å². The van der Waals surface area contributed by atoms with Crippen molar-refractivity contribution in [1.29, 1.82) is 0 Å². The summed E-state index contributed by atoms with van der Waals surface area (Å²) in [5.41, 5.74) is 8.16. The third-order valence-corrected chi connectivity index (χ3v) is 4.96. The highest BCUT2D eigenvalue weighted by molar-refractivity contribution is 6.03. The van der Waals surface area contributed by atoms with E-state index in [0.717, 1.165) is 37.2 Å². The molecule has 1 aliphatic rings. The van der Waals surface area contributed by atoms with Crippen LogP contribution in [0.15, 0.2) is 36.8 Å². The van der Waals surface area contributed by atoms with Crippen molar-refractivity contribution < 1.29 is 4.79 Å². The largest absolute Gasteiger partial charge is 0.366 e. The minimum absolute atomic E-state index is 0.452. The molecular weight excluding hydrogens is 328 g/mol. The highest BCUT2D eigenvalue weighted by Crippen LogP contribution is 2.27. The van der Waals surface area contributed by atoms with Crippen LogP contribution in [-0.4, -0.2) is 50.2 Å². The van der Waals surface area contributed by atoms with Crippen molar-refractivity contribution in [2.45, 2.75) is 25.8 Å². The van der Waals surface area contributed by atoms with Gasteiger partial charge in [-0.1, -0.05) is 24.6 Å². The second kappa shape index (κ2) is 7.21. The molecule has 2 aromatic heterocycles. The summed E-state index contributed by atoms with van der Waals surface area (Å²) < 4.78 is 1.92. The standard InChI is InChI=1S/C19H22N6O/c20-18(26)15-7-3-2-6-14(15)17-16-12-23-25(19(16)22-13-21-17)11-10-24-8-4-1-5-9-24/h2-3,6-7,12-13H,1,4-5,8-11H2,(H2,20,26). The number of carbonyl (C=O) groups is 1. The number of amides is 1. The second-order valence-electron chi connectivity index (χ2n) is 6.64. The van der Waals surface area contributed by atoms with Gasteiger partial charge in [-0.3, -0.25) is 4.79 Å². The molecule has 1 aromatic carbocycles. The molecule has 0 spiro atoms. The van der Waals surface area contributed by atoms with Gasteiger partial charge in [0, 0.05) is 17.7 Å². The number of hydrogen-bond acceptors (Lipinski definition) is 5. The summed E-state index contributed by atoms with van der Waals surface area (Å²) in [5.74, 6) is -0.468. The predicted octanol–water partition coefficient (Wildman–Crippen LogP) is 2.08. The van der Waals surface area contributed by atoms with E-state index in [2.05, 4.69) is 20.0 Å². The Hall–Kier alpha value is -2.80. The molecule has 0 aliphatic carbocycles. The van der Waals surface area contributed by atoms with E-state index >= 15 is 0 Å². The van der Waals surface area contributed by atoms with E-state index < -0.39 is 5.91 Å². The van der Waals surface area contributed by atoms with Crippen LogP contribution in [0.25, 0.3) is 22.3 Å². The first-order valence-corrected chi connectivity index (χ1v) is 9.02. The van der Waals surface area contributed by atoms with Crippen LogP contribution in [0.5, 0.6) is 0 Å².